The SMILES string of the molecule is CC(C)C[C@H](NC(=O)[C@H](CC(C)C)NC(=O)[C@H](CC(=O)O)NC(=O)[C@@H]1CCCN1C(=O)[C@H](CC(C)C)NC(=O)[C@H](CC(C)C)NC(=O)[C@H](CCCCN)NC(=O)[C@H](C)NC(=O)[C@H](C)N)C(=O)N[C@@H](C)C(=O)N[C@@H](C)C(=O)N1CCC[C@H]1C(N)=O. The third-order valence-electron chi connectivity index (χ3n) is 14.3. The first-order chi connectivity index (χ1) is 39.2. The van der Waals surface area contributed by atoms with E-state index >= 15 is 0 Å². The zero-order valence-corrected chi connectivity index (χ0v) is 51.2. The predicted molar refractivity (Wildman–Crippen MR) is 310 cm³/mol. The summed E-state index contributed by atoms with van der Waals surface area (Å²) < 4.78 is 0. The molecule has 0 radical (unpaired) electrons. The molecule has 84 heavy (non-hydrogen) atoms. The summed E-state index contributed by atoms with van der Waals surface area (Å²) in [6.07, 6.45) is 1.84. The lowest BCUT2D eigenvalue weighted by molar-refractivity contribution is -0.144. The van der Waals surface area contributed by atoms with Gasteiger partial charge >= 0.3 is 5.97 Å². The highest BCUT2D eigenvalue weighted by molar-refractivity contribution is 6.00. The molecule has 0 saturated carbocycles. The molecule has 0 spiro atoms. The summed E-state index contributed by atoms with van der Waals surface area (Å²) in [4.78, 5) is 177. The van der Waals surface area contributed by atoms with Gasteiger partial charge in [-0.2, -0.15) is 0 Å². The number of nitrogens with zero attached hydrogens (tertiary/aromatic N) is 2. The number of carboxylic acids is 1. The van der Waals surface area contributed by atoms with Crippen LogP contribution in [-0.4, -0.2) is 184 Å². The summed E-state index contributed by atoms with van der Waals surface area (Å²) >= 11 is 0. The Morgan fingerprint density at radius 1 is 0.440 bits per heavy atom. The van der Waals surface area contributed by atoms with Crippen LogP contribution in [-0.2, 0) is 62.3 Å². The van der Waals surface area contributed by atoms with E-state index in [4.69, 9.17) is 17.2 Å². The number of primary amides is 1. The zero-order valence-electron chi connectivity index (χ0n) is 51.2. The van der Waals surface area contributed by atoms with Crippen LogP contribution in [0.25, 0.3) is 0 Å². The zero-order chi connectivity index (χ0) is 63.9. The molecule has 476 valence electrons. The molecule has 16 N–H and O–H groups in total. The fraction of sp³-hybridized carbons (Fsp3) is 0.768. The van der Waals surface area contributed by atoms with Crippen molar-refractivity contribution in [1.29, 1.82) is 0 Å². The van der Waals surface area contributed by atoms with E-state index in [9.17, 15) is 67.4 Å². The Balaban J connectivity index is 2.32. The molecule has 0 aliphatic carbocycles. The van der Waals surface area contributed by atoms with E-state index in [2.05, 4.69) is 47.9 Å². The summed E-state index contributed by atoms with van der Waals surface area (Å²) in [6, 6.07) is -14.2. The molecule has 2 aliphatic heterocycles. The molecule has 12 amide bonds. The van der Waals surface area contributed by atoms with Gasteiger partial charge in [-0.05, 0) is 129 Å². The minimum Gasteiger partial charge on any atom is -0.481 e. The quantitative estimate of drug-likeness (QED) is 0.0306. The molecule has 0 aromatic heterocycles. The van der Waals surface area contributed by atoms with Crippen LogP contribution in [0.15, 0.2) is 0 Å². The number of hydrogen-bond acceptors (Lipinski definition) is 15. The molecule has 2 saturated heterocycles. The van der Waals surface area contributed by atoms with Crippen molar-refractivity contribution in [1.82, 2.24) is 57.7 Å². The van der Waals surface area contributed by atoms with E-state index in [1.54, 1.807) is 27.7 Å². The Hall–Kier alpha value is -6.97. The third-order valence-corrected chi connectivity index (χ3v) is 14.3. The predicted octanol–water partition coefficient (Wildman–Crippen LogP) is -1.99. The van der Waals surface area contributed by atoms with E-state index in [0.717, 1.165) is 0 Å². The minimum atomic E-state index is -1.77. The first-order valence-electron chi connectivity index (χ1n) is 29.5. The number of rotatable bonds is 35. The first kappa shape index (κ1) is 73.1. The molecule has 28 heteroatoms. The van der Waals surface area contributed by atoms with Gasteiger partial charge < -0.3 is 80.0 Å². The van der Waals surface area contributed by atoms with E-state index in [1.807, 2.05) is 27.7 Å². The van der Waals surface area contributed by atoms with Crippen LogP contribution in [0.3, 0.4) is 0 Å². The number of carboxylic acid groups (broad SMARTS) is 1. The molecule has 0 aromatic carbocycles. The molecule has 0 aromatic rings. The number of hydrogen-bond donors (Lipinski definition) is 13. The van der Waals surface area contributed by atoms with Gasteiger partial charge in [0.1, 0.15) is 66.5 Å². The lowest BCUT2D eigenvalue weighted by atomic mass is 9.99. The van der Waals surface area contributed by atoms with Crippen molar-refractivity contribution in [3.63, 3.8) is 0 Å². The second-order valence-electron chi connectivity index (χ2n) is 24.0. The molecule has 0 bridgehead atoms. The Labute approximate surface area is 493 Å². The second-order valence-corrected chi connectivity index (χ2v) is 24.0. The number of likely N-dealkylation sites (tertiary alicyclic amines) is 2. The monoisotopic (exact) mass is 1190 g/mol. The fourth-order valence-corrected chi connectivity index (χ4v) is 9.87. The summed E-state index contributed by atoms with van der Waals surface area (Å²) in [5, 5.41) is 33.4. The molecule has 2 aliphatic rings. The van der Waals surface area contributed by atoms with Gasteiger partial charge in [0, 0.05) is 13.1 Å². The van der Waals surface area contributed by atoms with Gasteiger partial charge in [-0.25, -0.2) is 0 Å². The third kappa shape index (κ3) is 24.3. The van der Waals surface area contributed by atoms with Gasteiger partial charge in [-0.1, -0.05) is 55.4 Å². The highest BCUT2D eigenvalue weighted by Gasteiger charge is 2.42. The van der Waals surface area contributed by atoms with E-state index in [0.29, 0.717) is 38.6 Å². The molecular formula is C56H98N14O14. The van der Waals surface area contributed by atoms with Gasteiger partial charge in [0.05, 0.1) is 12.5 Å². The minimum absolute atomic E-state index is 0.00355. The van der Waals surface area contributed by atoms with Gasteiger partial charge in [0.2, 0.25) is 70.9 Å². The van der Waals surface area contributed by atoms with Crippen molar-refractivity contribution >= 4 is 76.9 Å². The largest absolute Gasteiger partial charge is 0.481 e. The lowest BCUT2D eigenvalue weighted by Crippen LogP contribution is -2.61. The Bertz CT molecular complexity index is 2320. The number of unbranched alkanes of at least 4 members (excludes halogenated alkanes) is 1. The molecule has 2 fully saturated rings. The molecule has 0 unspecified atom stereocenters. The first-order valence-corrected chi connectivity index (χ1v) is 29.5. The summed E-state index contributed by atoms with van der Waals surface area (Å²) in [7, 11) is 0. The average molecular weight is 1190 g/mol. The lowest BCUT2D eigenvalue weighted by Gasteiger charge is -2.32. The Morgan fingerprint density at radius 3 is 1.25 bits per heavy atom. The van der Waals surface area contributed by atoms with Crippen molar-refractivity contribution in [2.75, 3.05) is 19.6 Å². The van der Waals surface area contributed by atoms with E-state index < -0.39 is 156 Å². The molecule has 2 heterocycles. The van der Waals surface area contributed by atoms with Gasteiger partial charge in [0.15, 0.2) is 0 Å². The highest BCUT2D eigenvalue weighted by atomic mass is 16.4. The number of aliphatic carboxylic acids is 1. The van der Waals surface area contributed by atoms with Crippen molar-refractivity contribution in [2.45, 2.75) is 233 Å². The van der Waals surface area contributed by atoms with Crippen molar-refractivity contribution < 1.29 is 67.4 Å². The number of nitrogens with one attached hydrogen (secondary N) is 9. The van der Waals surface area contributed by atoms with Crippen LogP contribution in [0, 0.1) is 23.7 Å². The van der Waals surface area contributed by atoms with Crippen LogP contribution >= 0.6 is 0 Å². The molecular weight excluding hydrogens is 1090 g/mol. The molecule has 12 atom stereocenters. The topological polar surface area (TPSA) is 435 Å². The van der Waals surface area contributed by atoms with Crippen molar-refractivity contribution in [2.24, 2.45) is 40.9 Å². The van der Waals surface area contributed by atoms with Crippen LogP contribution in [0.5, 0.6) is 0 Å². The second kappa shape index (κ2) is 35.4. The summed E-state index contributed by atoms with van der Waals surface area (Å²) in [5.74, 6) is -11.0. The Kier molecular flexibility index (Phi) is 30.8. The van der Waals surface area contributed by atoms with Crippen molar-refractivity contribution in [3.05, 3.63) is 0 Å². The van der Waals surface area contributed by atoms with E-state index in [-0.39, 0.29) is 75.3 Å². The van der Waals surface area contributed by atoms with Gasteiger partial charge in [0.25, 0.3) is 0 Å². The highest BCUT2D eigenvalue weighted by Crippen LogP contribution is 2.22. The summed E-state index contributed by atoms with van der Waals surface area (Å²) in [5.41, 5.74) is 16.8. The fourth-order valence-electron chi connectivity index (χ4n) is 9.87. The maximum absolute atomic E-state index is 14.6. The maximum Gasteiger partial charge on any atom is 0.305 e. The standard InChI is InChI=1S/C56H98N14O14/c1-28(2)23-37(50(78)61-33(10)47(75)62-35(12)55(83)69-21-15-18-42(69)45(59)73)65-51(79)38(24-29(3)4)66-53(81)40(27-44(71)72)67-54(82)43-19-16-22-70(43)56(84)41(26-31(7)8)68-52(80)39(25-30(5)6)64-49(77)36(17-13-14-20-57)63-48(76)34(11)60-46(74)32(9)58/h28-43H,13-27,57-58H2,1-12H3,(H2,59,73)(H,60,74)(H,61,78)(H,62,75)(H,63,76)(H,64,77)(H,65,79)(H,66,81)(H,67,82)(H,68,80)(H,71,72)/t32-,33-,34-,35-,36-,37-,38-,39-,40-,41-,42-,43-/m0/s1. The van der Waals surface area contributed by atoms with Crippen LogP contribution in [0.2, 0.25) is 0 Å². The molecule has 28 nitrogen and oxygen atoms in total. The number of amides is 12. The number of carbonyl (C=O) groups is 13. The smallest absolute Gasteiger partial charge is 0.305 e. The maximum atomic E-state index is 14.6. The van der Waals surface area contributed by atoms with Crippen LogP contribution < -0.4 is 65.1 Å². The Morgan fingerprint density at radius 2 is 0.810 bits per heavy atom. The van der Waals surface area contributed by atoms with Crippen LogP contribution in [0.1, 0.15) is 160 Å². The van der Waals surface area contributed by atoms with Crippen LogP contribution in [0.4, 0.5) is 0 Å². The normalized spacial score (nSPS) is 18.6. The molecule has 2 rings (SSSR count). The van der Waals surface area contributed by atoms with Crippen molar-refractivity contribution in [3.8, 4) is 0 Å². The number of nitrogens with two attached hydrogens (primary N) is 3. The van der Waals surface area contributed by atoms with Gasteiger partial charge in [-0.3, -0.25) is 62.3 Å². The van der Waals surface area contributed by atoms with Gasteiger partial charge in [-0.15, -0.1) is 0 Å². The number of carbonyl (C=O) groups excluding carboxylic acids is 12. The van der Waals surface area contributed by atoms with E-state index in [1.165, 1.54) is 37.5 Å². The summed E-state index contributed by atoms with van der Waals surface area (Å²) in [6.45, 7) is 20.7. The average Bonchev–Trinajstić information content (AvgIpc) is 4.32.